The standard InChI is InChI=1S/C31H31ClN4O2/c1-35-14-16-36(17-15-35)20-23-8-5-9-27-30(23)34-31(33-27)29-13-11-26(38-29)19-24-18-25(32)10-12-28(24)37-21-22-6-3-2-4-7-22/h2-13,18H,14-17,19-21H2,1H3,(H,33,34). The van der Waals surface area contributed by atoms with Crippen molar-refractivity contribution in [2.45, 2.75) is 19.6 Å². The maximum atomic E-state index is 6.33. The second-order valence-electron chi connectivity index (χ2n) is 9.95. The van der Waals surface area contributed by atoms with Gasteiger partial charge in [0.25, 0.3) is 0 Å². The van der Waals surface area contributed by atoms with Crippen LogP contribution in [0.3, 0.4) is 0 Å². The van der Waals surface area contributed by atoms with E-state index in [4.69, 9.17) is 25.7 Å². The smallest absolute Gasteiger partial charge is 0.174 e. The monoisotopic (exact) mass is 526 g/mol. The van der Waals surface area contributed by atoms with Gasteiger partial charge in [0.1, 0.15) is 18.1 Å². The second kappa shape index (κ2) is 11.0. The van der Waals surface area contributed by atoms with Gasteiger partial charge in [-0.1, -0.05) is 54.1 Å². The Bertz CT molecular complexity index is 1520. The summed E-state index contributed by atoms with van der Waals surface area (Å²) in [6, 6.07) is 26.1. The van der Waals surface area contributed by atoms with E-state index in [0.717, 1.165) is 78.0 Å². The molecule has 0 saturated carbocycles. The van der Waals surface area contributed by atoms with Crippen molar-refractivity contribution in [3.63, 3.8) is 0 Å². The molecule has 2 aromatic heterocycles. The molecule has 7 heteroatoms. The predicted octanol–water partition coefficient (Wildman–Crippen LogP) is 6.39. The van der Waals surface area contributed by atoms with E-state index in [1.807, 2.05) is 48.5 Å². The molecule has 0 atom stereocenters. The van der Waals surface area contributed by atoms with Crippen molar-refractivity contribution in [3.05, 3.63) is 106 Å². The van der Waals surface area contributed by atoms with E-state index in [-0.39, 0.29) is 0 Å². The summed E-state index contributed by atoms with van der Waals surface area (Å²) in [6.07, 6.45) is 0.569. The molecule has 194 valence electrons. The normalized spacial score (nSPS) is 14.8. The Morgan fingerprint density at radius 1 is 0.921 bits per heavy atom. The third kappa shape index (κ3) is 5.63. The molecule has 0 unspecified atom stereocenters. The summed E-state index contributed by atoms with van der Waals surface area (Å²) >= 11 is 6.33. The van der Waals surface area contributed by atoms with Gasteiger partial charge in [0.2, 0.25) is 0 Å². The number of halogens is 1. The number of rotatable bonds is 8. The van der Waals surface area contributed by atoms with Gasteiger partial charge in [-0.15, -0.1) is 0 Å². The van der Waals surface area contributed by atoms with Crippen molar-refractivity contribution in [1.29, 1.82) is 0 Å². The number of aromatic nitrogens is 2. The van der Waals surface area contributed by atoms with E-state index < -0.39 is 0 Å². The molecule has 3 aromatic carbocycles. The number of imidazole rings is 1. The van der Waals surface area contributed by atoms with Gasteiger partial charge in [-0.3, -0.25) is 4.90 Å². The summed E-state index contributed by atoms with van der Waals surface area (Å²) in [7, 11) is 2.18. The van der Waals surface area contributed by atoms with Crippen molar-refractivity contribution >= 4 is 22.6 Å². The Morgan fingerprint density at radius 3 is 2.61 bits per heavy atom. The minimum atomic E-state index is 0.494. The lowest BCUT2D eigenvalue weighted by Gasteiger charge is -2.32. The number of likely N-dealkylation sites (N-methyl/N-ethyl adjacent to an activating group) is 1. The molecule has 0 bridgehead atoms. The van der Waals surface area contributed by atoms with Crippen molar-refractivity contribution in [1.82, 2.24) is 19.8 Å². The first-order chi connectivity index (χ1) is 18.6. The van der Waals surface area contributed by atoms with Gasteiger partial charge in [0.15, 0.2) is 11.6 Å². The fraction of sp³-hybridized carbons (Fsp3) is 0.258. The molecule has 0 radical (unpaired) electrons. The Balaban J connectivity index is 1.19. The summed E-state index contributed by atoms with van der Waals surface area (Å²) in [5.41, 5.74) is 5.39. The zero-order valence-electron chi connectivity index (χ0n) is 21.5. The molecule has 6 rings (SSSR count). The Morgan fingerprint density at radius 2 is 1.76 bits per heavy atom. The zero-order valence-corrected chi connectivity index (χ0v) is 22.2. The molecular weight excluding hydrogens is 496 g/mol. The van der Waals surface area contributed by atoms with E-state index in [1.54, 1.807) is 0 Å². The summed E-state index contributed by atoms with van der Waals surface area (Å²) in [6.45, 7) is 5.77. The first kappa shape index (κ1) is 24.7. The topological polar surface area (TPSA) is 57.5 Å². The van der Waals surface area contributed by atoms with Crippen LogP contribution in [0.4, 0.5) is 0 Å². The van der Waals surface area contributed by atoms with Crippen LogP contribution in [0.2, 0.25) is 5.02 Å². The van der Waals surface area contributed by atoms with Crippen LogP contribution < -0.4 is 4.74 Å². The Kier molecular flexibility index (Phi) is 7.18. The molecule has 6 nitrogen and oxygen atoms in total. The van der Waals surface area contributed by atoms with Crippen molar-refractivity contribution in [2.24, 2.45) is 0 Å². The van der Waals surface area contributed by atoms with Gasteiger partial charge in [-0.2, -0.15) is 0 Å². The van der Waals surface area contributed by atoms with Gasteiger partial charge in [0, 0.05) is 49.7 Å². The molecule has 1 N–H and O–H groups in total. The third-order valence-electron chi connectivity index (χ3n) is 7.11. The number of ether oxygens (including phenoxy) is 1. The molecule has 1 fully saturated rings. The highest BCUT2D eigenvalue weighted by Crippen LogP contribution is 2.30. The minimum absolute atomic E-state index is 0.494. The predicted molar refractivity (Wildman–Crippen MR) is 152 cm³/mol. The first-order valence-corrected chi connectivity index (χ1v) is 13.4. The lowest BCUT2D eigenvalue weighted by molar-refractivity contribution is 0.148. The summed E-state index contributed by atoms with van der Waals surface area (Å²) < 4.78 is 12.4. The quantitative estimate of drug-likeness (QED) is 0.254. The van der Waals surface area contributed by atoms with Crippen LogP contribution in [-0.4, -0.2) is 53.0 Å². The van der Waals surface area contributed by atoms with E-state index in [9.17, 15) is 0 Å². The molecule has 38 heavy (non-hydrogen) atoms. The van der Waals surface area contributed by atoms with Gasteiger partial charge >= 0.3 is 0 Å². The fourth-order valence-electron chi connectivity index (χ4n) is 4.94. The van der Waals surface area contributed by atoms with Crippen LogP contribution in [0.25, 0.3) is 22.6 Å². The number of fused-ring (bicyclic) bond motifs is 1. The molecule has 3 heterocycles. The van der Waals surface area contributed by atoms with Gasteiger partial charge in [-0.25, -0.2) is 4.98 Å². The summed E-state index contributed by atoms with van der Waals surface area (Å²) in [5, 5.41) is 0.670. The van der Waals surface area contributed by atoms with Crippen molar-refractivity contribution < 1.29 is 9.15 Å². The number of nitrogens with zero attached hydrogens (tertiary/aromatic N) is 3. The van der Waals surface area contributed by atoms with E-state index in [0.29, 0.717) is 18.1 Å². The SMILES string of the molecule is CN1CCN(Cc2cccc3nc(-c4ccc(Cc5cc(Cl)ccc5OCc5ccccc5)o4)[nH]c23)CC1. The molecule has 5 aromatic rings. The number of piperazine rings is 1. The van der Waals surface area contributed by atoms with E-state index >= 15 is 0 Å². The van der Waals surface area contributed by atoms with Crippen LogP contribution in [0.15, 0.2) is 83.3 Å². The highest BCUT2D eigenvalue weighted by molar-refractivity contribution is 6.30. The lowest BCUT2D eigenvalue weighted by atomic mass is 10.1. The Labute approximate surface area is 227 Å². The maximum absolute atomic E-state index is 6.33. The number of nitrogens with one attached hydrogen (secondary N) is 1. The van der Waals surface area contributed by atoms with E-state index in [2.05, 4.69) is 52.2 Å². The van der Waals surface area contributed by atoms with Crippen LogP contribution in [0.1, 0.15) is 22.5 Å². The van der Waals surface area contributed by atoms with Crippen LogP contribution in [0.5, 0.6) is 5.75 Å². The maximum Gasteiger partial charge on any atom is 0.174 e. The summed E-state index contributed by atoms with van der Waals surface area (Å²) in [4.78, 5) is 13.2. The number of aromatic amines is 1. The minimum Gasteiger partial charge on any atom is -0.489 e. The highest BCUT2D eigenvalue weighted by atomic mass is 35.5. The van der Waals surface area contributed by atoms with Crippen LogP contribution in [-0.2, 0) is 19.6 Å². The van der Waals surface area contributed by atoms with Crippen LogP contribution in [0, 0.1) is 0 Å². The number of para-hydroxylation sites is 1. The molecule has 0 spiro atoms. The number of hydrogen-bond donors (Lipinski definition) is 1. The molecule has 0 amide bonds. The summed E-state index contributed by atoms with van der Waals surface area (Å²) in [5.74, 6) is 3.08. The van der Waals surface area contributed by atoms with Crippen molar-refractivity contribution in [2.75, 3.05) is 33.2 Å². The molecule has 1 aliphatic heterocycles. The molecule has 1 saturated heterocycles. The van der Waals surface area contributed by atoms with Crippen molar-refractivity contribution in [3.8, 4) is 17.3 Å². The Hall–Kier alpha value is -3.58. The van der Waals surface area contributed by atoms with Gasteiger partial charge in [-0.05, 0) is 54.6 Å². The molecule has 0 aliphatic carbocycles. The average molecular weight is 527 g/mol. The number of furan rings is 1. The number of benzene rings is 3. The number of hydrogen-bond acceptors (Lipinski definition) is 5. The zero-order chi connectivity index (χ0) is 25.9. The number of H-pyrrole nitrogens is 1. The first-order valence-electron chi connectivity index (χ1n) is 13.0. The lowest BCUT2D eigenvalue weighted by Crippen LogP contribution is -2.43. The van der Waals surface area contributed by atoms with E-state index in [1.165, 1.54) is 5.56 Å². The van der Waals surface area contributed by atoms with Gasteiger partial charge < -0.3 is 19.0 Å². The average Bonchev–Trinajstić information content (AvgIpc) is 3.58. The largest absolute Gasteiger partial charge is 0.489 e. The molecule has 1 aliphatic rings. The second-order valence-corrected chi connectivity index (χ2v) is 10.4. The van der Waals surface area contributed by atoms with Crippen LogP contribution >= 0.6 is 11.6 Å². The molecular formula is C31H31ClN4O2. The van der Waals surface area contributed by atoms with Gasteiger partial charge in [0.05, 0.1) is 11.0 Å². The fourth-order valence-corrected chi connectivity index (χ4v) is 5.13. The third-order valence-corrected chi connectivity index (χ3v) is 7.35. The highest BCUT2D eigenvalue weighted by Gasteiger charge is 2.18.